The highest BCUT2D eigenvalue weighted by atomic mass is 16.5. The van der Waals surface area contributed by atoms with Gasteiger partial charge >= 0.3 is 0 Å². The minimum Gasteiger partial charge on any atom is -0.491 e. The number of carbonyl (C=O) groups is 3. The minimum atomic E-state index is -0.846. The molecule has 2 aliphatic carbocycles. The highest BCUT2D eigenvalue weighted by molar-refractivity contribution is 6.04. The molecule has 0 unspecified atom stereocenters. The summed E-state index contributed by atoms with van der Waals surface area (Å²) in [5.41, 5.74) is 6.01. The first-order valence-electron chi connectivity index (χ1n) is 15.8. The maximum Gasteiger partial charge on any atom is 0.252 e. The van der Waals surface area contributed by atoms with Crippen LogP contribution in [0.5, 0.6) is 5.75 Å². The predicted molar refractivity (Wildman–Crippen MR) is 168 cm³/mol. The number of Topliss-reactive ketones (excluding diaryl/α,β-unsaturated/α-hetero) is 2. The maximum atomic E-state index is 13.8. The first-order chi connectivity index (χ1) is 20.9. The smallest absolute Gasteiger partial charge is 0.252 e. The fraction of sp³-hybridized carbons (Fsp3) is 0.378. The van der Waals surface area contributed by atoms with Crippen LogP contribution in [0.4, 0.5) is 0 Å². The van der Waals surface area contributed by atoms with Gasteiger partial charge in [0.1, 0.15) is 12.4 Å². The molecule has 3 aromatic carbocycles. The highest BCUT2D eigenvalue weighted by Gasteiger charge is 2.45. The van der Waals surface area contributed by atoms with Gasteiger partial charge in [-0.3, -0.25) is 14.4 Å². The van der Waals surface area contributed by atoms with E-state index in [2.05, 4.69) is 34.1 Å². The van der Waals surface area contributed by atoms with Crippen molar-refractivity contribution in [1.82, 2.24) is 9.88 Å². The van der Waals surface area contributed by atoms with E-state index in [-0.39, 0.29) is 23.9 Å². The number of ketones is 2. The molecule has 7 rings (SSSR count). The van der Waals surface area contributed by atoms with Crippen molar-refractivity contribution >= 4 is 28.4 Å². The van der Waals surface area contributed by atoms with Crippen LogP contribution in [0, 0.1) is 0 Å². The molecule has 1 aliphatic heterocycles. The fourth-order valence-corrected chi connectivity index (χ4v) is 7.38. The standard InChI is InChI=1S/C37H38N2O4/c1-24(40)26-14-12-25(13-15-26)22-33(41)37(18-7-19-37)38-36(42)28-16-17-29-31(23-28)39-20-21-43-32-11-6-5-10-30(32)35(39)34(29)27-8-3-2-4-9-27/h5-6,10-17,23,27H,2-4,7-9,18-22H2,1H3,(H,38,42). The Morgan fingerprint density at radius 1 is 0.907 bits per heavy atom. The topological polar surface area (TPSA) is 77.4 Å². The van der Waals surface area contributed by atoms with E-state index < -0.39 is 5.54 Å². The Morgan fingerprint density at radius 2 is 1.65 bits per heavy atom. The van der Waals surface area contributed by atoms with Crippen molar-refractivity contribution in [3.8, 4) is 17.0 Å². The first-order valence-corrected chi connectivity index (χ1v) is 15.8. The molecule has 6 nitrogen and oxygen atoms in total. The molecule has 0 spiro atoms. The maximum absolute atomic E-state index is 13.8. The van der Waals surface area contributed by atoms with Crippen molar-refractivity contribution in [3.63, 3.8) is 0 Å². The van der Waals surface area contributed by atoms with E-state index in [0.29, 0.717) is 43.0 Å². The third-order valence-corrected chi connectivity index (χ3v) is 9.91. The summed E-state index contributed by atoms with van der Waals surface area (Å²) in [5.74, 6) is 1.22. The lowest BCUT2D eigenvalue weighted by atomic mass is 9.72. The Hall–Kier alpha value is -4.19. The number of hydrogen-bond donors (Lipinski definition) is 1. The Bertz CT molecular complexity index is 1720. The highest BCUT2D eigenvalue weighted by Crippen LogP contribution is 2.47. The normalized spacial score (nSPS) is 17.6. The minimum absolute atomic E-state index is 0.0000396. The molecule has 220 valence electrons. The van der Waals surface area contributed by atoms with Crippen LogP contribution >= 0.6 is 0 Å². The van der Waals surface area contributed by atoms with E-state index in [1.54, 1.807) is 12.1 Å². The molecule has 2 fully saturated rings. The average Bonchev–Trinajstić information content (AvgIpc) is 3.20. The SMILES string of the molecule is CC(=O)c1ccc(CC(=O)C2(NC(=O)c3ccc4c(C5CCCCC5)c5n(c4c3)CCOc3ccccc3-5)CCC2)cc1. The Labute approximate surface area is 252 Å². The van der Waals surface area contributed by atoms with Crippen LogP contribution in [0.15, 0.2) is 66.7 Å². The number of carbonyl (C=O) groups excluding carboxylic acids is 3. The van der Waals surface area contributed by atoms with Crippen molar-refractivity contribution in [2.24, 2.45) is 0 Å². The summed E-state index contributed by atoms with van der Waals surface area (Å²) < 4.78 is 8.54. The molecule has 43 heavy (non-hydrogen) atoms. The number of rotatable bonds is 7. The summed E-state index contributed by atoms with van der Waals surface area (Å²) in [7, 11) is 0. The summed E-state index contributed by atoms with van der Waals surface area (Å²) in [6, 6.07) is 21.6. The third-order valence-electron chi connectivity index (χ3n) is 9.91. The van der Waals surface area contributed by atoms with E-state index in [4.69, 9.17) is 4.74 Å². The summed E-state index contributed by atoms with van der Waals surface area (Å²) in [4.78, 5) is 39.0. The summed E-state index contributed by atoms with van der Waals surface area (Å²) in [6.45, 7) is 2.81. The molecule has 0 saturated heterocycles. The third kappa shape index (κ3) is 4.97. The van der Waals surface area contributed by atoms with E-state index in [0.717, 1.165) is 28.8 Å². The van der Waals surface area contributed by atoms with Crippen molar-refractivity contribution in [2.45, 2.75) is 82.7 Å². The molecule has 4 aromatic rings. The van der Waals surface area contributed by atoms with Crippen LogP contribution in [0.3, 0.4) is 0 Å². The zero-order valence-corrected chi connectivity index (χ0v) is 24.8. The van der Waals surface area contributed by atoms with Gasteiger partial charge in [0.05, 0.1) is 17.8 Å². The molecule has 2 saturated carbocycles. The molecule has 1 aromatic heterocycles. The largest absolute Gasteiger partial charge is 0.491 e. The van der Waals surface area contributed by atoms with E-state index in [1.165, 1.54) is 55.7 Å². The lowest BCUT2D eigenvalue weighted by Crippen LogP contribution is -2.59. The Morgan fingerprint density at radius 3 is 2.37 bits per heavy atom. The second-order valence-corrected chi connectivity index (χ2v) is 12.6. The number of hydrogen-bond acceptors (Lipinski definition) is 4. The van der Waals surface area contributed by atoms with Gasteiger partial charge < -0.3 is 14.6 Å². The van der Waals surface area contributed by atoms with Gasteiger partial charge in [-0.05, 0) is 80.3 Å². The van der Waals surface area contributed by atoms with E-state index in [1.807, 2.05) is 30.3 Å². The van der Waals surface area contributed by atoms with Gasteiger partial charge in [-0.2, -0.15) is 0 Å². The number of para-hydroxylation sites is 1. The number of ether oxygens (including phenoxy) is 1. The van der Waals surface area contributed by atoms with Crippen LogP contribution < -0.4 is 10.1 Å². The zero-order valence-electron chi connectivity index (χ0n) is 24.8. The van der Waals surface area contributed by atoms with Gasteiger partial charge in [-0.15, -0.1) is 0 Å². The van der Waals surface area contributed by atoms with Gasteiger partial charge in [0, 0.05) is 34.0 Å². The van der Waals surface area contributed by atoms with Gasteiger partial charge in [0.25, 0.3) is 5.91 Å². The molecule has 6 heteroatoms. The predicted octanol–water partition coefficient (Wildman–Crippen LogP) is 7.42. The van der Waals surface area contributed by atoms with Gasteiger partial charge in [-0.25, -0.2) is 0 Å². The van der Waals surface area contributed by atoms with E-state index >= 15 is 0 Å². The molecule has 0 atom stereocenters. The van der Waals surface area contributed by atoms with Gasteiger partial charge in [0.15, 0.2) is 11.6 Å². The quantitative estimate of drug-likeness (QED) is 0.233. The molecule has 1 N–H and O–H groups in total. The Balaban J connectivity index is 1.21. The van der Waals surface area contributed by atoms with Crippen molar-refractivity contribution in [3.05, 3.63) is 89.0 Å². The summed E-state index contributed by atoms with van der Waals surface area (Å²) in [5, 5.41) is 4.38. The number of benzene rings is 3. The first kappa shape index (κ1) is 27.6. The average molecular weight is 575 g/mol. The number of nitrogens with one attached hydrogen (secondary N) is 1. The number of amides is 1. The van der Waals surface area contributed by atoms with Crippen molar-refractivity contribution in [2.75, 3.05) is 6.61 Å². The summed E-state index contributed by atoms with van der Waals surface area (Å²) in [6.07, 6.45) is 8.56. The second-order valence-electron chi connectivity index (χ2n) is 12.6. The van der Waals surface area contributed by atoms with Gasteiger partial charge in [-0.1, -0.05) is 61.7 Å². The summed E-state index contributed by atoms with van der Waals surface area (Å²) >= 11 is 0. The molecule has 0 radical (unpaired) electrons. The van der Waals surface area contributed by atoms with Crippen molar-refractivity contribution < 1.29 is 19.1 Å². The monoisotopic (exact) mass is 574 g/mol. The molecule has 1 amide bonds. The second kappa shape index (κ2) is 11.1. The van der Waals surface area contributed by atoms with Crippen LogP contribution in [0.1, 0.15) is 96.1 Å². The zero-order chi connectivity index (χ0) is 29.6. The van der Waals surface area contributed by atoms with Crippen molar-refractivity contribution in [1.29, 1.82) is 0 Å². The number of fused-ring (bicyclic) bond motifs is 5. The molecular formula is C37H38N2O4. The fourth-order valence-electron chi connectivity index (χ4n) is 7.38. The van der Waals surface area contributed by atoms with E-state index in [9.17, 15) is 14.4 Å². The number of aromatic nitrogens is 1. The molecular weight excluding hydrogens is 536 g/mol. The lowest BCUT2D eigenvalue weighted by molar-refractivity contribution is -0.127. The van der Waals surface area contributed by atoms with Crippen LogP contribution in [-0.4, -0.2) is 34.2 Å². The van der Waals surface area contributed by atoms with Gasteiger partial charge in [0.2, 0.25) is 0 Å². The molecule has 3 aliphatic rings. The van der Waals surface area contributed by atoms with Crippen LogP contribution in [-0.2, 0) is 17.8 Å². The lowest BCUT2D eigenvalue weighted by Gasteiger charge is -2.41. The number of nitrogens with zero attached hydrogens (tertiary/aromatic N) is 1. The Kier molecular flexibility index (Phi) is 7.16. The molecule has 0 bridgehead atoms. The van der Waals surface area contributed by atoms with Crippen LogP contribution in [0.2, 0.25) is 0 Å². The molecule has 2 heterocycles. The van der Waals surface area contributed by atoms with Crippen LogP contribution in [0.25, 0.3) is 22.2 Å².